The Labute approximate surface area is 179 Å². The van der Waals surface area contributed by atoms with Crippen LogP contribution < -0.4 is 5.32 Å². The van der Waals surface area contributed by atoms with Crippen molar-refractivity contribution in [1.29, 1.82) is 0 Å². The molecule has 1 fully saturated rings. The van der Waals surface area contributed by atoms with Crippen molar-refractivity contribution in [1.82, 2.24) is 10.2 Å². The number of guanidine groups is 1. The highest BCUT2D eigenvalue weighted by Crippen LogP contribution is 2.14. The molecule has 0 unspecified atom stereocenters. The fourth-order valence-corrected chi connectivity index (χ4v) is 3.52. The molecule has 2 heterocycles. The van der Waals surface area contributed by atoms with E-state index in [1.165, 1.54) is 4.88 Å². The van der Waals surface area contributed by atoms with Crippen LogP contribution in [0.1, 0.15) is 31.1 Å². The van der Waals surface area contributed by atoms with Crippen LogP contribution in [0.15, 0.2) is 22.5 Å². The third kappa shape index (κ3) is 9.53. The Bertz CT molecular complexity index is 479. The lowest BCUT2D eigenvalue weighted by atomic mass is 10.0. The first-order chi connectivity index (χ1) is 12.3. The molecule has 1 aliphatic heterocycles. The van der Waals surface area contributed by atoms with Crippen molar-refractivity contribution in [2.24, 2.45) is 10.9 Å². The molecular formula is C19H34IN3O2S. The van der Waals surface area contributed by atoms with Crippen molar-refractivity contribution >= 4 is 41.3 Å². The standard InChI is InChI=1S/C19H33N3O2S.HI/c1-3-20-19(22(2)11-7-18-6-4-15-25-18)21-10-5-12-24-16-17-8-13-23-14-9-17;/h4,6,15,17H,3,5,7-14,16H2,1-2H3,(H,20,21);1H. The maximum absolute atomic E-state index is 5.81. The summed E-state index contributed by atoms with van der Waals surface area (Å²) in [5, 5.41) is 5.51. The van der Waals surface area contributed by atoms with Gasteiger partial charge in [-0.2, -0.15) is 0 Å². The Morgan fingerprint density at radius 2 is 2.23 bits per heavy atom. The summed E-state index contributed by atoms with van der Waals surface area (Å²) in [4.78, 5) is 8.37. The number of likely N-dealkylation sites (N-methyl/N-ethyl adjacent to an activating group) is 1. The van der Waals surface area contributed by atoms with Gasteiger partial charge in [0.2, 0.25) is 0 Å². The van der Waals surface area contributed by atoms with Crippen molar-refractivity contribution in [2.75, 3.05) is 53.1 Å². The molecule has 2 rings (SSSR count). The summed E-state index contributed by atoms with van der Waals surface area (Å²) in [5.41, 5.74) is 0. The molecule has 0 bridgehead atoms. The fourth-order valence-electron chi connectivity index (χ4n) is 2.82. The Morgan fingerprint density at radius 3 is 2.92 bits per heavy atom. The molecule has 1 aliphatic rings. The summed E-state index contributed by atoms with van der Waals surface area (Å²) in [6, 6.07) is 4.30. The molecule has 1 saturated heterocycles. The minimum absolute atomic E-state index is 0. The SMILES string of the molecule is CCNC(=NCCCOCC1CCOCC1)N(C)CCc1cccs1.I. The van der Waals surface area contributed by atoms with E-state index in [-0.39, 0.29) is 24.0 Å². The molecule has 0 amide bonds. The van der Waals surface area contributed by atoms with Gasteiger partial charge in [0.1, 0.15) is 0 Å². The first kappa shape index (κ1) is 23.7. The maximum atomic E-state index is 5.81. The van der Waals surface area contributed by atoms with Crippen molar-refractivity contribution in [3.63, 3.8) is 0 Å². The highest BCUT2D eigenvalue weighted by Gasteiger charge is 2.13. The molecule has 0 spiro atoms. The van der Waals surface area contributed by atoms with Gasteiger partial charge in [0.15, 0.2) is 5.96 Å². The van der Waals surface area contributed by atoms with E-state index in [1.54, 1.807) is 0 Å². The zero-order valence-corrected chi connectivity index (χ0v) is 19.3. The summed E-state index contributed by atoms with van der Waals surface area (Å²) in [6.45, 7) is 8.23. The van der Waals surface area contributed by atoms with Gasteiger partial charge in [-0.25, -0.2) is 0 Å². The summed E-state index contributed by atoms with van der Waals surface area (Å²) in [7, 11) is 2.11. The van der Waals surface area contributed by atoms with Gasteiger partial charge in [0.25, 0.3) is 0 Å². The van der Waals surface area contributed by atoms with E-state index >= 15 is 0 Å². The van der Waals surface area contributed by atoms with Crippen LogP contribution in [0.2, 0.25) is 0 Å². The monoisotopic (exact) mass is 495 g/mol. The van der Waals surface area contributed by atoms with Crippen molar-refractivity contribution in [3.05, 3.63) is 22.4 Å². The smallest absolute Gasteiger partial charge is 0.193 e. The number of halogens is 1. The van der Waals surface area contributed by atoms with E-state index in [1.807, 2.05) is 11.3 Å². The zero-order chi connectivity index (χ0) is 17.7. The number of ether oxygens (including phenoxy) is 2. The molecule has 7 heteroatoms. The van der Waals surface area contributed by atoms with E-state index in [2.05, 4.69) is 41.7 Å². The van der Waals surface area contributed by atoms with Crippen LogP contribution in [0.25, 0.3) is 0 Å². The summed E-state index contributed by atoms with van der Waals surface area (Å²) in [6.07, 6.45) is 4.30. The quantitative estimate of drug-likeness (QED) is 0.233. The lowest BCUT2D eigenvalue weighted by molar-refractivity contribution is 0.0205. The zero-order valence-electron chi connectivity index (χ0n) is 16.1. The summed E-state index contributed by atoms with van der Waals surface area (Å²) >= 11 is 1.82. The second kappa shape index (κ2) is 14.6. The fraction of sp³-hybridized carbons (Fsp3) is 0.737. The predicted octanol–water partition coefficient (Wildman–Crippen LogP) is 3.64. The molecule has 1 aromatic rings. The second-order valence-electron chi connectivity index (χ2n) is 6.47. The topological polar surface area (TPSA) is 46.1 Å². The first-order valence-electron chi connectivity index (χ1n) is 9.47. The molecule has 0 aliphatic carbocycles. The molecule has 1 aromatic heterocycles. The summed E-state index contributed by atoms with van der Waals surface area (Å²) < 4.78 is 11.2. The Morgan fingerprint density at radius 1 is 1.42 bits per heavy atom. The van der Waals surface area contributed by atoms with Crippen molar-refractivity contribution in [2.45, 2.75) is 32.6 Å². The molecule has 0 atom stereocenters. The normalized spacial score (nSPS) is 15.5. The molecule has 26 heavy (non-hydrogen) atoms. The van der Waals surface area contributed by atoms with Crippen LogP contribution in [-0.4, -0.2) is 64.0 Å². The van der Waals surface area contributed by atoms with Gasteiger partial charge in [0, 0.05) is 58.0 Å². The molecule has 1 N–H and O–H groups in total. The molecular weight excluding hydrogens is 461 g/mol. The van der Waals surface area contributed by atoms with E-state index in [9.17, 15) is 0 Å². The molecule has 0 radical (unpaired) electrons. The van der Waals surface area contributed by atoms with Crippen LogP contribution in [0.4, 0.5) is 0 Å². The third-order valence-corrected chi connectivity index (χ3v) is 5.31. The third-order valence-electron chi connectivity index (χ3n) is 4.37. The number of nitrogens with one attached hydrogen (secondary N) is 1. The van der Waals surface area contributed by atoms with Gasteiger partial charge >= 0.3 is 0 Å². The summed E-state index contributed by atoms with van der Waals surface area (Å²) in [5.74, 6) is 1.67. The van der Waals surface area contributed by atoms with Gasteiger partial charge in [-0.1, -0.05) is 6.07 Å². The van der Waals surface area contributed by atoms with Crippen LogP contribution in [-0.2, 0) is 15.9 Å². The highest BCUT2D eigenvalue weighted by atomic mass is 127. The number of rotatable bonds is 10. The van der Waals surface area contributed by atoms with Crippen molar-refractivity contribution < 1.29 is 9.47 Å². The van der Waals surface area contributed by atoms with Gasteiger partial charge < -0.3 is 19.7 Å². The predicted molar refractivity (Wildman–Crippen MR) is 121 cm³/mol. The first-order valence-corrected chi connectivity index (χ1v) is 10.3. The number of hydrogen-bond acceptors (Lipinski definition) is 4. The van der Waals surface area contributed by atoms with Crippen LogP contribution >= 0.6 is 35.3 Å². The van der Waals surface area contributed by atoms with Gasteiger partial charge in [-0.15, -0.1) is 35.3 Å². The molecule has 5 nitrogen and oxygen atoms in total. The highest BCUT2D eigenvalue weighted by molar-refractivity contribution is 14.0. The van der Waals surface area contributed by atoms with E-state index in [4.69, 9.17) is 14.5 Å². The minimum Gasteiger partial charge on any atom is -0.381 e. The molecule has 0 aromatic carbocycles. The van der Waals surface area contributed by atoms with Gasteiger partial charge in [0.05, 0.1) is 0 Å². The Kier molecular flexibility index (Phi) is 13.3. The maximum Gasteiger partial charge on any atom is 0.193 e. The average Bonchev–Trinajstić information content (AvgIpc) is 3.16. The van der Waals surface area contributed by atoms with Crippen LogP contribution in [0.3, 0.4) is 0 Å². The van der Waals surface area contributed by atoms with Crippen LogP contribution in [0, 0.1) is 5.92 Å². The lowest BCUT2D eigenvalue weighted by Crippen LogP contribution is -2.40. The van der Waals surface area contributed by atoms with Gasteiger partial charge in [-0.05, 0) is 50.0 Å². The van der Waals surface area contributed by atoms with Crippen molar-refractivity contribution in [3.8, 4) is 0 Å². The number of hydrogen-bond donors (Lipinski definition) is 1. The largest absolute Gasteiger partial charge is 0.381 e. The van der Waals surface area contributed by atoms with Crippen LogP contribution in [0.5, 0.6) is 0 Å². The Balaban J connectivity index is 0.00000338. The van der Waals surface area contributed by atoms with E-state index in [0.29, 0.717) is 5.92 Å². The molecule has 0 saturated carbocycles. The van der Waals surface area contributed by atoms with E-state index in [0.717, 1.165) is 77.7 Å². The number of aliphatic imine (C=N–C) groups is 1. The average molecular weight is 495 g/mol. The second-order valence-corrected chi connectivity index (χ2v) is 7.50. The van der Waals surface area contributed by atoms with Gasteiger partial charge in [-0.3, -0.25) is 4.99 Å². The number of nitrogens with zero attached hydrogens (tertiary/aromatic N) is 2. The number of thiophene rings is 1. The van der Waals surface area contributed by atoms with E-state index < -0.39 is 0 Å². The minimum atomic E-state index is 0. The molecule has 150 valence electrons. The lowest BCUT2D eigenvalue weighted by Gasteiger charge is -2.22. The Hall–Kier alpha value is -0.380.